The van der Waals surface area contributed by atoms with Gasteiger partial charge in [0.2, 0.25) is 0 Å². The Bertz CT molecular complexity index is 493. The molecule has 1 atom stereocenters. The summed E-state index contributed by atoms with van der Waals surface area (Å²) < 4.78 is 10.2. The molecule has 0 saturated heterocycles. The summed E-state index contributed by atoms with van der Waals surface area (Å²) in [6.45, 7) is 7.06. The van der Waals surface area contributed by atoms with Gasteiger partial charge in [-0.3, -0.25) is 5.32 Å². The fourth-order valence-electron chi connectivity index (χ4n) is 1.56. The van der Waals surface area contributed by atoms with Crippen LogP contribution in [-0.2, 0) is 4.74 Å². The zero-order valence-electron chi connectivity index (χ0n) is 12.5. The van der Waals surface area contributed by atoms with E-state index in [0.29, 0.717) is 0 Å². The number of aromatic hydroxyl groups is 1. The number of phenolic OH excluding ortho intramolecular Hbond substituents is 1. The van der Waals surface area contributed by atoms with E-state index in [1.807, 2.05) is 0 Å². The van der Waals surface area contributed by atoms with E-state index in [2.05, 4.69) is 5.32 Å². The Morgan fingerprint density at radius 3 is 2.45 bits per heavy atom. The Morgan fingerprint density at radius 1 is 1.40 bits per heavy atom. The van der Waals surface area contributed by atoms with Crippen LogP contribution in [0.25, 0.3) is 0 Å². The first kappa shape index (κ1) is 16.1. The maximum Gasteiger partial charge on any atom is 0.412 e. The van der Waals surface area contributed by atoms with E-state index in [0.717, 1.165) is 5.56 Å². The molecule has 6 heteroatoms. The van der Waals surface area contributed by atoms with Gasteiger partial charge in [-0.2, -0.15) is 0 Å². The van der Waals surface area contributed by atoms with Crippen molar-refractivity contribution in [2.24, 2.45) is 5.73 Å². The van der Waals surface area contributed by atoms with Crippen molar-refractivity contribution >= 4 is 11.8 Å². The van der Waals surface area contributed by atoms with Crippen LogP contribution in [0.5, 0.6) is 11.5 Å². The number of hydrogen-bond acceptors (Lipinski definition) is 5. The first-order chi connectivity index (χ1) is 9.14. The normalized spacial score (nSPS) is 12.7. The number of rotatable bonds is 3. The van der Waals surface area contributed by atoms with Gasteiger partial charge in [0, 0.05) is 6.04 Å². The summed E-state index contributed by atoms with van der Waals surface area (Å²) in [4.78, 5) is 11.7. The standard InChI is InChI=1S/C14H22N2O4/c1-8(15)9-6-10(12(17)11(7-9)19-5)16-13(18)20-14(2,3)4/h6-8,17H,15H2,1-5H3,(H,16,18). The third-order valence-electron chi connectivity index (χ3n) is 2.48. The van der Waals surface area contributed by atoms with Crippen LogP contribution in [0.2, 0.25) is 0 Å². The molecule has 20 heavy (non-hydrogen) atoms. The minimum Gasteiger partial charge on any atom is -0.503 e. The number of amides is 1. The SMILES string of the molecule is COc1cc(C(C)N)cc(NC(=O)OC(C)(C)C)c1O. The molecule has 0 aliphatic rings. The summed E-state index contributed by atoms with van der Waals surface area (Å²) in [7, 11) is 1.43. The van der Waals surface area contributed by atoms with Crippen molar-refractivity contribution in [1.29, 1.82) is 0 Å². The number of anilines is 1. The predicted molar refractivity (Wildman–Crippen MR) is 77.1 cm³/mol. The average Bonchev–Trinajstić information content (AvgIpc) is 2.28. The topological polar surface area (TPSA) is 93.8 Å². The van der Waals surface area contributed by atoms with Gasteiger partial charge in [-0.05, 0) is 45.4 Å². The lowest BCUT2D eigenvalue weighted by atomic mass is 10.1. The van der Waals surface area contributed by atoms with Gasteiger partial charge < -0.3 is 20.3 Å². The molecule has 0 fully saturated rings. The summed E-state index contributed by atoms with van der Waals surface area (Å²) in [5, 5.41) is 12.5. The van der Waals surface area contributed by atoms with Crippen LogP contribution in [0.1, 0.15) is 39.3 Å². The van der Waals surface area contributed by atoms with E-state index in [1.54, 1.807) is 39.8 Å². The molecule has 0 heterocycles. The maximum atomic E-state index is 11.7. The van der Waals surface area contributed by atoms with Gasteiger partial charge in [0.05, 0.1) is 12.8 Å². The molecule has 0 aliphatic carbocycles. The highest BCUT2D eigenvalue weighted by atomic mass is 16.6. The number of methoxy groups -OCH3 is 1. The highest BCUT2D eigenvalue weighted by Crippen LogP contribution is 2.37. The van der Waals surface area contributed by atoms with Crippen molar-refractivity contribution < 1.29 is 19.4 Å². The predicted octanol–water partition coefficient (Wildman–Crippen LogP) is 2.77. The fraction of sp³-hybridized carbons (Fsp3) is 0.500. The highest BCUT2D eigenvalue weighted by molar-refractivity contribution is 5.88. The molecule has 0 spiro atoms. The van der Waals surface area contributed by atoms with Gasteiger partial charge in [-0.15, -0.1) is 0 Å². The van der Waals surface area contributed by atoms with E-state index < -0.39 is 11.7 Å². The van der Waals surface area contributed by atoms with E-state index >= 15 is 0 Å². The van der Waals surface area contributed by atoms with Gasteiger partial charge in [0.1, 0.15) is 5.60 Å². The number of hydrogen-bond donors (Lipinski definition) is 3. The minimum atomic E-state index is -0.656. The monoisotopic (exact) mass is 282 g/mol. The van der Waals surface area contributed by atoms with Crippen molar-refractivity contribution in [1.82, 2.24) is 0 Å². The van der Waals surface area contributed by atoms with E-state index in [9.17, 15) is 9.90 Å². The second-order valence-electron chi connectivity index (χ2n) is 5.53. The lowest BCUT2D eigenvalue weighted by Crippen LogP contribution is -2.27. The van der Waals surface area contributed by atoms with Crippen LogP contribution in [0.4, 0.5) is 10.5 Å². The van der Waals surface area contributed by atoms with Crippen molar-refractivity contribution in [3.8, 4) is 11.5 Å². The van der Waals surface area contributed by atoms with Gasteiger partial charge in [0.15, 0.2) is 11.5 Å². The van der Waals surface area contributed by atoms with Gasteiger partial charge >= 0.3 is 6.09 Å². The molecule has 1 aromatic rings. The van der Waals surface area contributed by atoms with Crippen molar-refractivity contribution in [2.45, 2.75) is 39.3 Å². The number of benzene rings is 1. The van der Waals surface area contributed by atoms with Gasteiger partial charge in [-0.1, -0.05) is 0 Å². The molecule has 1 unspecified atom stereocenters. The molecular formula is C14H22N2O4. The molecule has 1 aromatic carbocycles. The number of carbonyl (C=O) groups is 1. The van der Waals surface area contributed by atoms with Crippen LogP contribution >= 0.6 is 0 Å². The zero-order chi connectivity index (χ0) is 15.5. The van der Waals surface area contributed by atoms with Crippen LogP contribution in [0, 0.1) is 0 Å². The Kier molecular flexibility index (Phi) is 4.83. The summed E-state index contributed by atoms with van der Waals surface area (Å²) in [6, 6.07) is 2.95. The van der Waals surface area contributed by atoms with Gasteiger partial charge in [-0.25, -0.2) is 4.79 Å². The van der Waals surface area contributed by atoms with Crippen molar-refractivity contribution in [3.63, 3.8) is 0 Å². The maximum absolute atomic E-state index is 11.7. The average molecular weight is 282 g/mol. The minimum absolute atomic E-state index is 0.164. The number of nitrogens with one attached hydrogen (secondary N) is 1. The summed E-state index contributed by atoms with van der Waals surface area (Å²) in [6.07, 6.45) is -0.656. The lowest BCUT2D eigenvalue weighted by Gasteiger charge is -2.20. The molecule has 1 amide bonds. The Balaban J connectivity index is 3.05. The molecule has 4 N–H and O–H groups in total. The largest absolute Gasteiger partial charge is 0.503 e. The molecule has 112 valence electrons. The molecular weight excluding hydrogens is 260 g/mol. The molecule has 0 bridgehead atoms. The fourth-order valence-corrected chi connectivity index (χ4v) is 1.56. The molecule has 0 aromatic heterocycles. The van der Waals surface area contributed by atoms with Crippen LogP contribution < -0.4 is 15.8 Å². The highest BCUT2D eigenvalue weighted by Gasteiger charge is 2.19. The van der Waals surface area contributed by atoms with Crippen LogP contribution in [0.3, 0.4) is 0 Å². The molecule has 6 nitrogen and oxygen atoms in total. The number of carbonyl (C=O) groups excluding carboxylic acids is 1. The zero-order valence-corrected chi connectivity index (χ0v) is 12.5. The van der Waals surface area contributed by atoms with Gasteiger partial charge in [0.25, 0.3) is 0 Å². The third-order valence-corrected chi connectivity index (χ3v) is 2.48. The van der Waals surface area contributed by atoms with E-state index in [1.165, 1.54) is 7.11 Å². The first-order valence-electron chi connectivity index (χ1n) is 6.30. The number of phenols is 1. The smallest absolute Gasteiger partial charge is 0.412 e. The van der Waals surface area contributed by atoms with Crippen LogP contribution in [-0.4, -0.2) is 23.9 Å². The Hall–Kier alpha value is -1.95. The third kappa shape index (κ3) is 4.31. The Labute approximate surface area is 118 Å². The number of ether oxygens (including phenoxy) is 2. The van der Waals surface area contributed by atoms with Crippen molar-refractivity contribution in [3.05, 3.63) is 17.7 Å². The lowest BCUT2D eigenvalue weighted by molar-refractivity contribution is 0.0635. The molecule has 0 radical (unpaired) electrons. The quantitative estimate of drug-likeness (QED) is 0.741. The molecule has 0 saturated carbocycles. The summed E-state index contributed by atoms with van der Waals surface area (Å²) in [5.74, 6) is 0.0774. The first-order valence-corrected chi connectivity index (χ1v) is 6.30. The molecule has 1 rings (SSSR count). The van der Waals surface area contributed by atoms with E-state index in [4.69, 9.17) is 15.2 Å². The van der Waals surface area contributed by atoms with Crippen LogP contribution in [0.15, 0.2) is 12.1 Å². The van der Waals surface area contributed by atoms with E-state index in [-0.39, 0.29) is 23.2 Å². The second-order valence-corrected chi connectivity index (χ2v) is 5.53. The summed E-state index contributed by atoms with van der Waals surface area (Å²) >= 11 is 0. The molecule has 0 aliphatic heterocycles. The second kappa shape index (κ2) is 6.00. The van der Waals surface area contributed by atoms with Crippen molar-refractivity contribution in [2.75, 3.05) is 12.4 Å². The Morgan fingerprint density at radius 2 is 2.00 bits per heavy atom. The summed E-state index contributed by atoms with van der Waals surface area (Å²) in [5.41, 5.74) is 6.11. The number of nitrogens with two attached hydrogens (primary N) is 1.